The third-order valence-electron chi connectivity index (χ3n) is 3.86. The quantitative estimate of drug-likeness (QED) is 0.847. The number of nitrogens with one attached hydrogen (secondary N) is 1. The Bertz CT molecular complexity index is 652. The Morgan fingerprint density at radius 1 is 1.35 bits per heavy atom. The van der Waals surface area contributed by atoms with Gasteiger partial charge in [0, 0.05) is 11.6 Å². The third-order valence-corrected chi connectivity index (χ3v) is 4.77. The lowest BCUT2D eigenvalue weighted by atomic mass is 9.92. The molecule has 0 saturated heterocycles. The van der Waals surface area contributed by atoms with Crippen LogP contribution in [0.25, 0.3) is 0 Å². The monoisotopic (exact) mass is 296 g/mol. The highest BCUT2D eigenvalue weighted by Crippen LogP contribution is 2.36. The van der Waals surface area contributed by atoms with Crippen molar-refractivity contribution in [1.29, 1.82) is 0 Å². The van der Waals surface area contributed by atoms with E-state index < -0.39 is 15.9 Å². The molecule has 0 radical (unpaired) electrons. The van der Waals surface area contributed by atoms with Gasteiger partial charge in [0.2, 0.25) is 15.9 Å². The van der Waals surface area contributed by atoms with Crippen LogP contribution in [-0.2, 0) is 14.8 Å². The van der Waals surface area contributed by atoms with Crippen molar-refractivity contribution < 1.29 is 17.9 Å². The molecule has 2 aliphatic rings. The lowest BCUT2D eigenvalue weighted by molar-refractivity contribution is -0.124. The number of hydrogen-bond donors (Lipinski definition) is 2. The summed E-state index contributed by atoms with van der Waals surface area (Å²) in [6, 6.07) is 4.61. The minimum atomic E-state index is -3.78. The Kier molecular flexibility index (Phi) is 3.18. The number of rotatable bonds is 3. The van der Waals surface area contributed by atoms with Gasteiger partial charge in [0.15, 0.2) is 0 Å². The van der Waals surface area contributed by atoms with Crippen molar-refractivity contribution in [2.45, 2.75) is 36.1 Å². The molecular formula is C13H16N2O4S. The number of ether oxygens (including phenoxy) is 1. The maximum atomic E-state index is 12.2. The highest BCUT2D eigenvalue weighted by Gasteiger charge is 2.33. The molecule has 108 valence electrons. The summed E-state index contributed by atoms with van der Waals surface area (Å²) < 4.78 is 28.2. The first-order chi connectivity index (χ1) is 9.45. The van der Waals surface area contributed by atoms with E-state index in [4.69, 9.17) is 9.88 Å². The topological polar surface area (TPSA) is 98.5 Å². The van der Waals surface area contributed by atoms with E-state index in [0.717, 1.165) is 19.3 Å². The molecule has 1 amide bonds. The van der Waals surface area contributed by atoms with Crippen molar-refractivity contribution in [2.75, 3.05) is 6.61 Å². The highest BCUT2D eigenvalue weighted by atomic mass is 32.2. The summed E-state index contributed by atoms with van der Waals surface area (Å²) in [4.78, 5) is 12.2. The van der Waals surface area contributed by atoms with E-state index in [-0.39, 0.29) is 23.5 Å². The summed E-state index contributed by atoms with van der Waals surface area (Å²) in [6.07, 6.45) is 3.14. The van der Waals surface area contributed by atoms with E-state index in [1.54, 1.807) is 6.07 Å². The van der Waals surface area contributed by atoms with Gasteiger partial charge in [-0.2, -0.15) is 0 Å². The molecule has 1 aliphatic heterocycles. The van der Waals surface area contributed by atoms with Crippen LogP contribution in [0.15, 0.2) is 23.1 Å². The molecule has 1 heterocycles. The fraction of sp³-hybridized carbons (Fsp3) is 0.462. The Morgan fingerprint density at radius 3 is 2.70 bits per heavy atom. The zero-order chi connectivity index (χ0) is 14.3. The molecule has 6 nitrogen and oxygen atoms in total. The predicted molar refractivity (Wildman–Crippen MR) is 71.8 cm³/mol. The summed E-state index contributed by atoms with van der Waals surface area (Å²) in [7, 11) is -3.78. The van der Waals surface area contributed by atoms with E-state index >= 15 is 0 Å². The molecule has 1 unspecified atom stereocenters. The molecule has 0 spiro atoms. The van der Waals surface area contributed by atoms with E-state index in [2.05, 4.69) is 5.32 Å². The predicted octanol–water partition coefficient (Wildman–Crippen LogP) is 0.479. The van der Waals surface area contributed by atoms with Crippen LogP contribution in [0.3, 0.4) is 0 Å². The number of sulfonamides is 1. The third kappa shape index (κ3) is 2.38. The number of carbonyl (C=O) groups is 1. The van der Waals surface area contributed by atoms with Gasteiger partial charge >= 0.3 is 0 Å². The Morgan fingerprint density at radius 2 is 2.10 bits per heavy atom. The number of fused-ring (bicyclic) bond motifs is 1. The van der Waals surface area contributed by atoms with E-state index in [9.17, 15) is 13.2 Å². The Hall–Kier alpha value is -1.60. The first-order valence-electron chi connectivity index (χ1n) is 6.55. The van der Waals surface area contributed by atoms with Gasteiger partial charge in [0.25, 0.3) is 0 Å². The molecular weight excluding hydrogens is 280 g/mol. The zero-order valence-electron chi connectivity index (χ0n) is 10.8. The van der Waals surface area contributed by atoms with E-state index in [1.165, 1.54) is 12.1 Å². The summed E-state index contributed by atoms with van der Waals surface area (Å²) in [5.41, 5.74) is 0.591. The van der Waals surface area contributed by atoms with Crippen LogP contribution in [0.5, 0.6) is 5.75 Å². The van der Waals surface area contributed by atoms with Crippen LogP contribution in [0.1, 0.15) is 30.7 Å². The second-order valence-corrected chi connectivity index (χ2v) is 6.81. The second kappa shape index (κ2) is 4.75. The number of benzene rings is 1. The molecule has 7 heteroatoms. The molecule has 0 aromatic heterocycles. The number of carbonyl (C=O) groups excluding carboxylic acids is 1. The summed E-state index contributed by atoms with van der Waals surface area (Å²) in [5.74, 6) is -0.0292. The molecule has 0 bridgehead atoms. The van der Waals surface area contributed by atoms with Crippen LogP contribution < -0.4 is 15.2 Å². The zero-order valence-corrected chi connectivity index (χ0v) is 11.7. The van der Waals surface area contributed by atoms with Gasteiger partial charge in [-0.1, -0.05) is 0 Å². The van der Waals surface area contributed by atoms with Gasteiger partial charge in [0.05, 0.1) is 4.90 Å². The maximum absolute atomic E-state index is 12.2. The number of amides is 1. The summed E-state index contributed by atoms with van der Waals surface area (Å²) in [6.45, 7) is 0.238. The fourth-order valence-corrected chi connectivity index (χ4v) is 2.99. The number of primary sulfonamides is 1. The number of nitrogens with two attached hydrogens (primary N) is 1. The van der Waals surface area contributed by atoms with Gasteiger partial charge in [-0.05, 0) is 37.5 Å². The van der Waals surface area contributed by atoms with Gasteiger partial charge in [0.1, 0.15) is 18.3 Å². The molecule has 20 heavy (non-hydrogen) atoms. The Balaban J connectivity index is 1.86. The first kappa shape index (κ1) is 13.4. The standard InChI is InChI=1S/C13H16N2O4S/c14-20(17,18)9-4-5-12-10(6-9)11(7-19-12)13(16)15-8-2-1-3-8/h4-6,8,11H,1-3,7H2,(H,15,16)(H2,14,17,18). The van der Waals surface area contributed by atoms with Crippen molar-refractivity contribution in [3.05, 3.63) is 23.8 Å². The molecule has 1 saturated carbocycles. The van der Waals surface area contributed by atoms with Crippen molar-refractivity contribution in [3.8, 4) is 5.75 Å². The Labute approximate surface area is 117 Å². The number of hydrogen-bond acceptors (Lipinski definition) is 4. The molecule has 3 N–H and O–H groups in total. The summed E-state index contributed by atoms with van der Waals surface area (Å²) in [5, 5.41) is 8.07. The van der Waals surface area contributed by atoms with Gasteiger partial charge in [-0.3, -0.25) is 4.79 Å². The fourth-order valence-electron chi connectivity index (χ4n) is 2.44. The lowest BCUT2D eigenvalue weighted by Crippen LogP contribution is -2.42. The van der Waals surface area contributed by atoms with E-state index in [0.29, 0.717) is 11.3 Å². The second-order valence-electron chi connectivity index (χ2n) is 5.24. The van der Waals surface area contributed by atoms with Crippen molar-refractivity contribution in [3.63, 3.8) is 0 Å². The van der Waals surface area contributed by atoms with E-state index in [1.807, 2.05) is 0 Å². The van der Waals surface area contributed by atoms with Gasteiger partial charge < -0.3 is 10.1 Å². The molecule has 3 rings (SSSR count). The summed E-state index contributed by atoms with van der Waals surface area (Å²) >= 11 is 0. The average Bonchev–Trinajstić information content (AvgIpc) is 2.75. The SMILES string of the molecule is NS(=O)(=O)c1ccc2c(c1)C(C(=O)NC1CCC1)CO2. The minimum Gasteiger partial charge on any atom is -0.492 e. The smallest absolute Gasteiger partial charge is 0.238 e. The molecule has 1 aromatic carbocycles. The first-order valence-corrected chi connectivity index (χ1v) is 8.10. The van der Waals surface area contributed by atoms with Crippen LogP contribution in [-0.4, -0.2) is 27.0 Å². The molecule has 1 atom stereocenters. The van der Waals surface area contributed by atoms with Gasteiger partial charge in [-0.25, -0.2) is 13.6 Å². The van der Waals surface area contributed by atoms with Gasteiger partial charge in [-0.15, -0.1) is 0 Å². The average molecular weight is 296 g/mol. The normalized spacial score (nSPS) is 21.8. The molecule has 1 aliphatic carbocycles. The highest BCUT2D eigenvalue weighted by molar-refractivity contribution is 7.89. The van der Waals surface area contributed by atoms with Crippen LogP contribution in [0.4, 0.5) is 0 Å². The maximum Gasteiger partial charge on any atom is 0.238 e. The van der Waals surface area contributed by atoms with Crippen molar-refractivity contribution >= 4 is 15.9 Å². The van der Waals surface area contributed by atoms with Crippen LogP contribution in [0.2, 0.25) is 0 Å². The van der Waals surface area contributed by atoms with Crippen LogP contribution >= 0.6 is 0 Å². The molecule has 1 fully saturated rings. The molecule has 1 aromatic rings. The van der Waals surface area contributed by atoms with Crippen LogP contribution in [0, 0.1) is 0 Å². The largest absolute Gasteiger partial charge is 0.492 e. The lowest BCUT2D eigenvalue weighted by Gasteiger charge is -2.27. The minimum absolute atomic E-state index is 0.00296. The van der Waals surface area contributed by atoms with Crippen molar-refractivity contribution in [1.82, 2.24) is 5.32 Å². The van der Waals surface area contributed by atoms with Crippen molar-refractivity contribution in [2.24, 2.45) is 5.14 Å².